The number of esters is 1. The molecule has 0 aromatic rings. The number of hydrogen-bond acceptors (Lipinski definition) is 3. The largest absolute Gasteiger partial charge is 0.465 e. The standard InChI is InChI=1S/C11H15F6NO2/c1-3-20-8(19)7(2)18-5-4-9(6-18,10(12,13)14)11(15,16)17/h7H,3-6H2,1-2H3. The van der Waals surface area contributed by atoms with Crippen LogP contribution in [0.25, 0.3) is 0 Å². The summed E-state index contributed by atoms with van der Waals surface area (Å²) < 4.78 is 81.6. The van der Waals surface area contributed by atoms with Crippen molar-refractivity contribution in [3.05, 3.63) is 0 Å². The number of halogens is 6. The molecule has 20 heavy (non-hydrogen) atoms. The lowest BCUT2D eigenvalue weighted by Crippen LogP contribution is -2.53. The van der Waals surface area contributed by atoms with Crippen LogP contribution >= 0.6 is 0 Å². The minimum atomic E-state index is -5.41. The Kier molecular flexibility index (Phi) is 4.62. The summed E-state index contributed by atoms with van der Waals surface area (Å²) in [6, 6.07) is -1.14. The maximum atomic E-state index is 12.8. The van der Waals surface area contributed by atoms with E-state index in [4.69, 9.17) is 0 Å². The maximum Gasteiger partial charge on any atom is 0.404 e. The van der Waals surface area contributed by atoms with Crippen molar-refractivity contribution in [2.24, 2.45) is 5.41 Å². The second-order valence-corrected chi connectivity index (χ2v) is 4.73. The van der Waals surface area contributed by atoms with Gasteiger partial charge in [-0.05, 0) is 20.3 Å². The molecule has 118 valence electrons. The summed E-state index contributed by atoms with van der Waals surface area (Å²) in [4.78, 5) is 12.3. The van der Waals surface area contributed by atoms with Crippen LogP contribution in [0.3, 0.4) is 0 Å². The number of likely N-dealkylation sites (tertiary alicyclic amines) is 1. The van der Waals surface area contributed by atoms with Crippen LogP contribution in [0.4, 0.5) is 26.3 Å². The van der Waals surface area contributed by atoms with Gasteiger partial charge in [-0.25, -0.2) is 0 Å². The molecule has 0 amide bonds. The van der Waals surface area contributed by atoms with E-state index in [0.717, 1.165) is 4.90 Å². The van der Waals surface area contributed by atoms with Crippen LogP contribution in [0.2, 0.25) is 0 Å². The highest BCUT2D eigenvalue weighted by molar-refractivity contribution is 5.75. The molecule has 9 heteroatoms. The quantitative estimate of drug-likeness (QED) is 0.593. The van der Waals surface area contributed by atoms with Crippen LogP contribution < -0.4 is 0 Å². The van der Waals surface area contributed by atoms with E-state index in [1.807, 2.05) is 0 Å². The first-order valence-electron chi connectivity index (χ1n) is 6.00. The highest BCUT2D eigenvalue weighted by atomic mass is 19.4. The third kappa shape index (κ3) is 2.87. The Morgan fingerprint density at radius 3 is 2.10 bits per heavy atom. The first kappa shape index (κ1) is 17.1. The zero-order chi connectivity index (χ0) is 15.8. The first-order chi connectivity index (χ1) is 8.96. The van der Waals surface area contributed by atoms with Crippen molar-refractivity contribution in [2.45, 2.75) is 38.7 Å². The van der Waals surface area contributed by atoms with Gasteiger partial charge >= 0.3 is 18.3 Å². The van der Waals surface area contributed by atoms with Crippen LogP contribution in [0.15, 0.2) is 0 Å². The fourth-order valence-corrected chi connectivity index (χ4v) is 2.21. The lowest BCUT2D eigenvalue weighted by Gasteiger charge is -2.34. The van der Waals surface area contributed by atoms with Crippen molar-refractivity contribution in [1.29, 1.82) is 0 Å². The lowest BCUT2D eigenvalue weighted by molar-refractivity contribution is -0.335. The van der Waals surface area contributed by atoms with Crippen molar-refractivity contribution >= 4 is 5.97 Å². The minimum absolute atomic E-state index is 0.0146. The topological polar surface area (TPSA) is 29.5 Å². The second kappa shape index (κ2) is 5.42. The predicted octanol–water partition coefficient (Wildman–Crippen LogP) is 2.75. The lowest BCUT2D eigenvalue weighted by atomic mass is 9.85. The highest BCUT2D eigenvalue weighted by Crippen LogP contribution is 2.55. The predicted molar refractivity (Wildman–Crippen MR) is 56.8 cm³/mol. The van der Waals surface area contributed by atoms with E-state index in [1.54, 1.807) is 0 Å². The van der Waals surface area contributed by atoms with Crippen molar-refractivity contribution in [1.82, 2.24) is 4.90 Å². The Hall–Kier alpha value is -0.990. The molecule has 0 bridgehead atoms. The summed E-state index contributed by atoms with van der Waals surface area (Å²) in [5.74, 6) is -0.826. The van der Waals surface area contributed by atoms with E-state index >= 15 is 0 Å². The van der Waals surface area contributed by atoms with Gasteiger partial charge in [0.25, 0.3) is 0 Å². The molecule has 1 aliphatic heterocycles. The average Bonchev–Trinajstić information content (AvgIpc) is 2.72. The molecule has 0 spiro atoms. The molecule has 0 N–H and O–H groups in total. The molecule has 0 radical (unpaired) electrons. The van der Waals surface area contributed by atoms with Gasteiger partial charge in [0.2, 0.25) is 0 Å². The Bertz CT molecular complexity index is 351. The molecule has 1 atom stereocenters. The summed E-state index contributed by atoms with van der Waals surface area (Å²) in [6.45, 7) is 1.02. The Morgan fingerprint density at radius 2 is 1.75 bits per heavy atom. The van der Waals surface area contributed by atoms with Gasteiger partial charge in [0, 0.05) is 13.1 Å². The summed E-state index contributed by atoms with van der Waals surface area (Å²) in [5.41, 5.74) is -3.78. The molecule has 1 fully saturated rings. The molecule has 0 aromatic carbocycles. The Labute approximate surface area is 111 Å². The Morgan fingerprint density at radius 1 is 1.25 bits per heavy atom. The number of nitrogens with zero attached hydrogens (tertiary/aromatic N) is 1. The number of carbonyl (C=O) groups is 1. The molecule has 1 rings (SSSR count). The zero-order valence-electron chi connectivity index (χ0n) is 10.9. The van der Waals surface area contributed by atoms with Crippen molar-refractivity contribution in [3.8, 4) is 0 Å². The summed E-state index contributed by atoms with van der Waals surface area (Å²) in [5, 5.41) is 0. The third-order valence-corrected chi connectivity index (χ3v) is 3.56. The van der Waals surface area contributed by atoms with Crippen LogP contribution in [-0.4, -0.2) is 49.0 Å². The van der Waals surface area contributed by atoms with E-state index in [9.17, 15) is 31.1 Å². The average molecular weight is 307 g/mol. The van der Waals surface area contributed by atoms with E-state index in [2.05, 4.69) is 4.74 Å². The van der Waals surface area contributed by atoms with E-state index in [0.29, 0.717) is 0 Å². The van der Waals surface area contributed by atoms with Gasteiger partial charge in [-0.2, -0.15) is 26.3 Å². The summed E-state index contributed by atoms with van der Waals surface area (Å²) in [6.07, 6.45) is -11.9. The molecule has 1 unspecified atom stereocenters. The molecular formula is C11H15F6NO2. The fourth-order valence-electron chi connectivity index (χ4n) is 2.21. The fraction of sp³-hybridized carbons (Fsp3) is 0.909. The van der Waals surface area contributed by atoms with E-state index in [1.165, 1.54) is 13.8 Å². The molecule has 0 aliphatic carbocycles. The zero-order valence-corrected chi connectivity index (χ0v) is 10.9. The molecule has 0 saturated carbocycles. The van der Waals surface area contributed by atoms with Crippen LogP contribution in [0.1, 0.15) is 20.3 Å². The minimum Gasteiger partial charge on any atom is -0.465 e. The van der Waals surface area contributed by atoms with Gasteiger partial charge in [0.1, 0.15) is 6.04 Å². The van der Waals surface area contributed by atoms with Gasteiger partial charge in [0.05, 0.1) is 6.61 Å². The smallest absolute Gasteiger partial charge is 0.404 e. The van der Waals surface area contributed by atoms with Crippen molar-refractivity contribution in [2.75, 3.05) is 19.7 Å². The molecule has 1 saturated heterocycles. The van der Waals surface area contributed by atoms with Crippen molar-refractivity contribution in [3.63, 3.8) is 0 Å². The van der Waals surface area contributed by atoms with Gasteiger partial charge < -0.3 is 4.74 Å². The SMILES string of the molecule is CCOC(=O)C(C)N1CCC(C(F)(F)F)(C(F)(F)F)C1. The number of alkyl halides is 6. The normalized spacial score (nSPS) is 21.8. The van der Waals surface area contributed by atoms with E-state index < -0.39 is 49.3 Å². The van der Waals surface area contributed by atoms with E-state index in [-0.39, 0.29) is 6.61 Å². The van der Waals surface area contributed by atoms with Gasteiger partial charge in [-0.3, -0.25) is 9.69 Å². The highest BCUT2D eigenvalue weighted by Gasteiger charge is 2.72. The number of ether oxygens (including phenoxy) is 1. The van der Waals surface area contributed by atoms with Crippen molar-refractivity contribution < 1.29 is 35.9 Å². The monoisotopic (exact) mass is 307 g/mol. The molecular weight excluding hydrogens is 292 g/mol. The van der Waals surface area contributed by atoms with Crippen LogP contribution in [0, 0.1) is 5.41 Å². The van der Waals surface area contributed by atoms with Crippen LogP contribution in [-0.2, 0) is 9.53 Å². The number of carbonyl (C=O) groups excluding carboxylic acids is 1. The molecule has 0 aromatic heterocycles. The molecule has 1 aliphatic rings. The van der Waals surface area contributed by atoms with Crippen LogP contribution in [0.5, 0.6) is 0 Å². The first-order valence-corrected chi connectivity index (χ1v) is 6.00. The Balaban J connectivity index is 2.94. The van der Waals surface area contributed by atoms with Gasteiger partial charge in [0.15, 0.2) is 5.41 Å². The van der Waals surface area contributed by atoms with Gasteiger partial charge in [-0.1, -0.05) is 0 Å². The number of rotatable bonds is 3. The second-order valence-electron chi connectivity index (χ2n) is 4.73. The van der Waals surface area contributed by atoms with Gasteiger partial charge in [-0.15, -0.1) is 0 Å². The number of hydrogen-bond donors (Lipinski definition) is 0. The molecule has 3 nitrogen and oxygen atoms in total. The molecule has 1 heterocycles. The third-order valence-electron chi connectivity index (χ3n) is 3.56. The summed E-state index contributed by atoms with van der Waals surface area (Å²) in [7, 11) is 0. The maximum absolute atomic E-state index is 12.8. The summed E-state index contributed by atoms with van der Waals surface area (Å²) >= 11 is 0.